The highest BCUT2D eigenvalue weighted by Gasteiger charge is 2.27. The number of halogens is 1. The third kappa shape index (κ3) is 2.80. The smallest absolute Gasteiger partial charge is 0.232 e. The minimum absolute atomic E-state index is 0.0303. The fourth-order valence-corrected chi connectivity index (χ4v) is 2.95. The Morgan fingerprint density at radius 1 is 1.20 bits per heavy atom. The summed E-state index contributed by atoms with van der Waals surface area (Å²) in [7, 11) is 0. The number of ether oxygens (including phenoxy) is 1. The molecule has 0 fully saturated rings. The number of para-hydroxylation sites is 1. The molecule has 3 rings (SSSR count). The summed E-state index contributed by atoms with van der Waals surface area (Å²) in [6.45, 7) is 0.585. The van der Waals surface area contributed by atoms with E-state index in [2.05, 4.69) is 27.9 Å². The van der Waals surface area contributed by atoms with Crippen molar-refractivity contribution < 1.29 is 9.53 Å². The van der Waals surface area contributed by atoms with Crippen LogP contribution in [0.15, 0.2) is 48.5 Å². The predicted molar refractivity (Wildman–Crippen MR) is 87.1 cm³/mol. The summed E-state index contributed by atoms with van der Waals surface area (Å²) >= 11 is 2.24. The van der Waals surface area contributed by atoms with Gasteiger partial charge in [0.05, 0.1) is 12.5 Å². The lowest BCUT2D eigenvalue weighted by Gasteiger charge is -2.25. The third-order valence-electron chi connectivity index (χ3n) is 3.37. The molecule has 1 aliphatic rings. The molecular weight excluding hydrogens is 365 g/mol. The van der Waals surface area contributed by atoms with Gasteiger partial charge in [0.25, 0.3) is 0 Å². The highest BCUT2D eigenvalue weighted by Crippen LogP contribution is 2.34. The molecule has 2 aromatic rings. The molecule has 1 heterocycles. The first kappa shape index (κ1) is 13.4. The lowest BCUT2D eigenvalue weighted by molar-refractivity contribution is -0.118. The maximum absolute atomic E-state index is 12.5. The van der Waals surface area contributed by atoms with Crippen LogP contribution < -0.4 is 10.1 Å². The van der Waals surface area contributed by atoms with Crippen molar-refractivity contribution in [1.29, 1.82) is 0 Å². The lowest BCUT2D eigenvalue weighted by atomic mass is 9.92. The summed E-state index contributed by atoms with van der Waals surface area (Å²) in [4.78, 5) is 12.5. The summed E-state index contributed by atoms with van der Waals surface area (Å²) in [5.41, 5.74) is 1.81. The molecule has 20 heavy (non-hydrogen) atoms. The minimum atomic E-state index is -0.141. The van der Waals surface area contributed by atoms with Gasteiger partial charge in [-0.1, -0.05) is 24.3 Å². The van der Waals surface area contributed by atoms with E-state index in [1.54, 1.807) is 0 Å². The molecule has 0 saturated heterocycles. The van der Waals surface area contributed by atoms with Gasteiger partial charge in [0.15, 0.2) is 0 Å². The summed E-state index contributed by atoms with van der Waals surface area (Å²) in [6, 6.07) is 15.6. The summed E-state index contributed by atoms with van der Waals surface area (Å²) < 4.78 is 6.70. The number of rotatable bonds is 2. The van der Waals surface area contributed by atoms with Crippen LogP contribution in [-0.4, -0.2) is 12.5 Å². The van der Waals surface area contributed by atoms with Crippen molar-refractivity contribution in [3.63, 3.8) is 0 Å². The molecule has 3 nitrogen and oxygen atoms in total. The van der Waals surface area contributed by atoms with Crippen molar-refractivity contribution in [3.8, 4) is 5.75 Å². The number of carbonyl (C=O) groups is 1. The van der Waals surface area contributed by atoms with Crippen LogP contribution in [0.5, 0.6) is 5.75 Å². The average molecular weight is 379 g/mol. The van der Waals surface area contributed by atoms with Crippen LogP contribution in [0, 0.1) is 3.57 Å². The molecule has 0 bridgehead atoms. The SMILES string of the molecule is O=C(Nc1cccc(I)c1)C1CCOc2ccccc21. The van der Waals surface area contributed by atoms with E-state index in [0.29, 0.717) is 13.0 Å². The second kappa shape index (κ2) is 5.83. The maximum Gasteiger partial charge on any atom is 0.232 e. The van der Waals surface area contributed by atoms with Crippen molar-refractivity contribution in [2.45, 2.75) is 12.3 Å². The Balaban J connectivity index is 1.82. The molecule has 1 N–H and O–H groups in total. The Bertz CT molecular complexity index is 642. The molecular formula is C16H14INO2. The third-order valence-corrected chi connectivity index (χ3v) is 4.04. The number of fused-ring (bicyclic) bond motifs is 1. The zero-order valence-electron chi connectivity index (χ0n) is 10.8. The number of nitrogens with one attached hydrogen (secondary N) is 1. The van der Waals surface area contributed by atoms with Crippen molar-refractivity contribution >= 4 is 34.2 Å². The monoisotopic (exact) mass is 379 g/mol. The summed E-state index contributed by atoms with van der Waals surface area (Å²) in [5.74, 6) is 0.710. The minimum Gasteiger partial charge on any atom is -0.493 e. The van der Waals surface area contributed by atoms with Gasteiger partial charge in [-0.3, -0.25) is 4.79 Å². The molecule has 0 aliphatic carbocycles. The molecule has 1 atom stereocenters. The Morgan fingerprint density at radius 2 is 2.05 bits per heavy atom. The highest BCUT2D eigenvalue weighted by atomic mass is 127. The standard InChI is InChI=1S/C16H14INO2/c17-11-4-3-5-12(10-11)18-16(19)14-8-9-20-15-7-2-1-6-13(14)15/h1-7,10,14H,8-9H2,(H,18,19). The van der Waals surface area contributed by atoms with Crippen LogP contribution in [-0.2, 0) is 4.79 Å². The molecule has 4 heteroatoms. The van der Waals surface area contributed by atoms with Crippen LogP contribution in [0.1, 0.15) is 17.9 Å². The van der Waals surface area contributed by atoms with E-state index in [1.165, 1.54) is 0 Å². The zero-order valence-corrected chi connectivity index (χ0v) is 13.0. The van der Waals surface area contributed by atoms with E-state index in [-0.39, 0.29) is 11.8 Å². The number of carbonyl (C=O) groups excluding carboxylic acids is 1. The van der Waals surface area contributed by atoms with Crippen LogP contribution >= 0.6 is 22.6 Å². The van der Waals surface area contributed by atoms with E-state index in [1.807, 2.05) is 48.5 Å². The van der Waals surface area contributed by atoms with Gasteiger partial charge >= 0.3 is 0 Å². The zero-order chi connectivity index (χ0) is 13.9. The number of benzene rings is 2. The predicted octanol–water partition coefficient (Wildman–Crippen LogP) is 3.80. The molecule has 0 saturated carbocycles. The normalized spacial score (nSPS) is 16.9. The number of hydrogen-bond donors (Lipinski definition) is 1. The first-order valence-corrected chi connectivity index (χ1v) is 7.60. The van der Waals surface area contributed by atoms with Gasteiger partial charge in [0.2, 0.25) is 5.91 Å². The fourth-order valence-electron chi connectivity index (χ4n) is 2.41. The molecule has 1 aliphatic heterocycles. The average Bonchev–Trinajstić information content (AvgIpc) is 2.46. The van der Waals surface area contributed by atoms with E-state index in [4.69, 9.17) is 4.74 Å². The van der Waals surface area contributed by atoms with E-state index < -0.39 is 0 Å². The Morgan fingerprint density at radius 3 is 2.90 bits per heavy atom. The number of anilines is 1. The largest absolute Gasteiger partial charge is 0.493 e. The first-order valence-electron chi connectivity index (χ1n) is 6.52. The second-order valence-electron chi connectivity index (χ2n) is 4.73. The van der Waals surface area contributed by atoms with Crippen LogP contribution in [0.2, 0.25) is 0 Å². The van der Waals surface area contributed by atoms with Gasteiger partial charge in [-0.25, -0.2) is 0 Å². The molecule has 0 radical (unpaired) electrons. The molecule has 1 amide bonds. The first-order chi connectivity index (χ1) is 9.74. The molecule has 102 valence electrons. The van der Waals surface area contributed by atoms with Gasteiger partial charge < -0.3 is 10.1 Å². The number of hydrogen-bond acceptors (Lipinski definition) is 2. The van der Waals surface area contributed by atoms with E-state index in [0.717, 1.165) is 20.6 Å². The summed E-state index contributed by atoms with van der Waals surface area (Å²) in [5, 5.41) is 2.99. The lowest BCUT2D eigenvalue weighted by Crippen LogP contribution is -2.26. The molecule has 0 spiro atoms. The molecule has 2 aromatic carbocycles. The van der Waals surface area contributed by atoms with Crippen molar-refractivity contribution in [1.82, 2.24) is 0 Å². The van der Waals surface area contributed by atoms with Gasteiger partial charge in [-0.15, -0.1) is 0 Å². The van der Waals surface area contributed by atoms with Gasteiger partial charge in [0.1, 0.15) is 5.75 Å². The van der Waals surface area contributed by atoms with Crippen LogP contribution in [0.25, 0.3) is 0 Å². The Kier molecular flexibility index (Phi) is 3.91. The highest BCUT2D eigenvalue weighted by molar-refractivity contribution is 14.1. The Hall–Kier alpha value is -1.56. The van der Waals surface area contributed by atoms with Gasteiger partial charge in [-0.2, -0.15) is 0 Å². The van der Waals surface area contributed by atoms with Crippen LogP contribution in [0.4, 0.5) is 5.69 Å². The Labute approximate surface area is 131 Å². The number of amides is 1. The van der Waals surface area contributed by atoms with E-state index >= 15 is 0 Å². The maximum atomic E-state index is 12.5. The summed E-state index contributed by atoms with van der Waals surface area (Å²) in [6.07, 6.45) is 0.715. The van der Waals surface area contributed by atoms with Gasteiger partial charge in [0, 0.05) is 14.8 Å². The van der Waals surface area contributed by atoms with Crippen molar-refractivity contribution in [2.24, 2.45) is 0 Å². The van der Waals surface area contributed by atoms with Crippen molar-refractivity contribution in [2.75, 3.05) is 11.9 Å². The second-order valence-corrected chi connectivity index (χ2v) is 5.97. The fraction of sp³-hybridized carbons (Fsp3) is 0.188. The molecule has 1 unspecified atom stereocenters. The van der Waals surface area contributed by atoms with E-state index in [9.17, 15) is 4.79 Å². The van der Waals surface area contributed by atoms with Crippen LogP contribution in [0.3, 0.4) is 0 Å². The van der Waals surface area contributed by atoms with Crippen molar-refractivity contribution in [3.05, 3.63) is 57.7 Å². The topological polar surface area (TPSA) is 38.3 Å². The quantitative estimate of drug-likeness (QED) is 0.807. The van der Waals surface area contributed by atoms with Gasteiger partial charge in [-0.05, 0) is 53.3 Å². The molecule has 0 aromatic heterocycles.